The van der Waals surface area contributed by atoms with Crippen LogP contribution in [0.1, 0.15) is 27.7 Å². The van der Waals surface area contributed by atoms with Gasteiger partial charge >= 0.3 is 0 Å². The lowest BCUT2D eigenvalue weighted by molar-refractivity contribution is -0.0554. The highest BCUT2D eigenvalue weighted by Gasteiger charge is 2.22. The minimum absolute atomic E-state index is 0.0899. The molecule has 3 N–H and O–H groups in total. The molecule has 0 aliphatic rings. The topological polar surface area (TPSA) is 79.2 Å². The van der Waals surface area contributed by atoms with Gasteiger partial charge in [-0.15, -0.1) is 0 Å². The first kappa shape index (κ1) is 17.8. The zero-order valence-electron chi connectivity index (χ0n) is 12.0. The van der Waals surface area contributed by atoms with Crippen molar-refractivity contribution in [2.45, 2.75) is 33.8 Å². The fourth-order valence-corrected chi connectivity index (χ4v) is 1.21. The molecule has 18 heavy (non-hydrogen) atoms. The Bertz CT molecular complexity index is 215. The van der Waals surface area contributed by atoms with Crippen LogP contribution in [0.25, 0.3) is 0 Å². The molecule has 0 saturated carbocycles. The summed E-state index contributed by atoms with van der Waals surface area (Å²) in [5.41, 5.74) is -0.398. The van der Waals surface area contributed by atoms with Crippen molar-refractivity contribution in [1.82, 2.24) is 0 Å². The molecule has 0 saturated heterocycles. The van der Waals surface area contributed by atoms with E-state index in [1.165, 1.54) is 0 Å². The van der Waals surface area contributed by atoms with Gasteiger partial charge in [0, 0.05) is 10.8 Å². The summed E-state index contributed by atoms with van der Waals surface area (Å²) in [6.45, 7) is 9.27. The highest BCUT2D eigenvalue weighted by molar-refractivity contribution is 4.70. The molecule has 0 aliphatic carbocycles. The fourth-order valence-electron chi connectivity index (χ4n) is 1.21. The molecule has 0 amide bonds. The van der Waals surface area contributed by atoms with E-state index in [1.807, 2.05) is 27.7 Å². The molecule has 0 radical (unpaired) electrons. The van der Waals surface area contributed by atoms with Gasteiger partial charge in [-0.05, 0) is 0 Å². The summed E-state index contributed by atoms with van der Waals surface area (Å²) < 4.78 is 10.9. The van der Waals surface area contributed by atoms with Crippen LogP contribution in [0.3, 0.4) is 0 Å². The summed E-state index contributed by atoms with van der Waals surface area (Å²) in [5.74, 6) is 0. The van der Waals surface area contributed by atoms with Gasteiger partial charge in [-0.25, -0.2) is 0 Å². The molecular weight excluding hydrogens is 236 g/mol. The lowest BCUT2D eigenvalue weighted by atomic mass is 9.94. The number of aliphatic hydroxyl groups excluding tert-OH is 3. The third-order valence-electron chi connectivity index (χ3n) is 2.43. The van der Waals surface area contributed by atoms with Crippen LogP contribution in [0.4, 0.5) is 0 Å². The van der Waals surface area contributed by atoms with Crippen molar-refractivity contribution in [2.75, 3.05) is 39.6 Å². The van der Waals surface area contributed by atoms with Gasteiger partial charge in [0.15, 0.2) is 0 Å². The zero-order valence-corrected chi connectivity index (χ0v) is 12.0. The molecule has 110 valence electrons. The van der Waals surface area contributed by atoms with Gasteiger partial charge in [-0.3, -0.25) is 0 Å². The van der Waals surface area contributed by atoms with Crippen LogP contribution in [0.2, 0.25) is 0 Å². The number of aliphatic hydroxyl groups is 3. The highest BCUT2D eigenvalue weighted by Crippen LogP contribution is 2.19. The Labute approximate surface area is 110 Å². The van der Waals surface area contributed by atoms with E-state index < -0.39 is 6.10 Å². The van der Waals surface area contributed by atoms with E-state index in [2.05, 4.69) is 0 Å². The summed E-state index contributed by atoms with van der Waals surface area (Å²) in [6.07, 6.45) is -0.824. The fraction of sp³-hybridized carbons (Fsp3) is 1.00. The maximum absolute atomic E-state index is 9.14. The molecule has 0 fully saturated rings. The van der Waals surface area contributed by atoms with Crippen molar-refractivity contribution in [1.29, 1.82) is 0 Å². The Hall–Kier alpha value is -0.200. The average Bonchev–Trinajstić information content (AvgIpc) is 2.28. The molecular formula is C13H28O5. The molecule has 1 unspecified atom stereocenters. The lowest BCUT2D eigenvalue weighted by Gasteiger charge is -2.28. The molecule has 5 nitrogen and oxygen atoms in total. The Morgan fingerprint density at radius 1 is 0.889 bits per heavy atom. The SMILES string of the molecule is CC(C)(CO)COCC(C)(C)COCC(O)CO. The lowest BCUT2D eigenvalue weighted by Crippen LogP contribution is -2.31. The van der Waals surface area contributed by atoms with Crippen molar-refractivity contribution in [3.8, 4) is 0 Å². The van der Waals surface area contributed by atoms with Crippen LogP contribution in [0.5, 0.6) is 0 Å². The first-order valence-corrected chi connectivity index (χ1v) is 6.28. The predicted molar refractivity (Wildman–Crippen MR) is 69.4 cm³/mol. The summed E-state index contributed by atoms with van der Waals surface area (Å²) in [7, 11) is 0. The summed E-state index contributed by atoms with van der Waals surface area (Å²) in [5, 5.41) is 26.9. The van der Waals surface area contributed by atoms with Gasteiger partial charge in [0.2, 0.25) is 0 Å². The Morgan fingerprint density at radius 3 is 1.89 bits per heavy atom. The van der Waals surface area contributed by atoms with Crippen molar-refractivity contribution < 1.29 is 24.8 Å². The minimum Gasteiger partial charge on any atom is -0.396 e. The molecule has 0 aromatic heterocycles. The molecule has 0 rings (SSSR count). The van der Waals surface area contributed by atoms with Crippen LogP contribution in [-0.2, 0) is 9.47 Å². The maximum atomic E-state index is 9.14. The number of hydrogen-bond acceptors (Lipinski definition) is 5. The van der Waals surface area contributed by atoms with Crippen LogP contribution in [0.15, 0.2) is 0 Å². The summed E-state index contributed by atoms with van der Waals surface area (Å²) >= 11 is 0. The molecule has 1 atom stereocenters. The van der Waals surface area contributed by atoms with E-state index in [9.17, 15) is 0 Å². The third kappa shape index (κ3) is 8.83. The van der Waals surface area contributed by atoms with Crippen molar-refractivity contribution in [3.05, 3.63) is 0 Å². The van der Waals surface area contributed by atoms with E-state index >= 15 is 0 Å². The van der Waals surface area contributed by atoms with Gasteiger partial charge < -0.3 is 24.8 Å². The molecule has 0 aromatic carbocycles. The standard InChI is InChI=1S/C13H28O5/c1-12(2,7-15)8-18-10-13(3,4)9-17-6-11(16)5-14/h11,14-16H,5-10H2,1-4H3. The number of rotatable bonds is 10. The first-order chi connectivity index (χ1) is 8.22. The second-order valence-corrected chi connectivity index (χ2v) is 6.33. The van der Waals surface area contributed by atoms with Gasteiger partial charge in [-0.1, -0.05) is 27.7 Å². The van der Waals surface area contributed by atoms with Crippen LogP contribution >= 0.6 is 0 Å². The second kappa shape index (κ2) is 8.07. The number of hydrogen-bond donors (Lipinski definition) is 3. The molecule has 0 aliphatic heterocycles. The van der Waals surface area contributed by atoms with Crippen LogP contribution in [0, 0.1) is 10.8 Å². The summed E-state index contributed by atoms with van der Waals surface area (Å²) in [4.78, 5) is 0. The summed E-state index contributed by atoms with van der Waals surface area (Å²) in [6, 6.07) is 0. The highest BCUT2D eigenvalue weighted by atomic mass is 16.5. The van der Waals surface area contributed by atoms with Crippen LogP contribution in [-0.4, -0.2) is 61.1 Å². The van der Waals surface area contributed by atoms with Crippen molar-refractivity contribution >= 4 is 0 Å². The molecule has 0 aromatic rings. The van der Waals surface area contributed by atoms with E-state index in [0.717, 1.165) is 0 Å². The van der Waals surface area contributed by atoms with E-state index in [0.29, 0.717) is 19.8 Å². The normalized spacial score (nSPS) is 14.8. The minimum atomic E-state index is -0.824. The van der Waals surface area contributed by atoms with E-state index in [-0.39, 0.29) is 30.7 Å². The van der Waals surface area contributed by atoms with E-state index in [4.69, 9.17) is 24.8 Å². The van der Waals surface area contributed by atoms with E-state index in [1.54, 1.807) is 0 Å². The quantitative estimate of drug-likeness (QED) is 0.533. The second-order valence-electron chi connectivity index (χ2n) is 6.33. The average molecular weight is 264 g/mol. The van der Waals surface area contributed by atoms with Crippen molar-refractivity contribution in [2.24, 2.45) is 10.8 Å². The monoisotopic (exact) mass is 264 g/mol. The maximum Gasteiger partial charge on any atom is 0.100 e. The largest absolute Gasteiger partial charge is 0.396 e. The Balaban J connectivity index is 3.80. The molecule has 0 heterocycles. The molecule has 0 spiro atoms. The van der Waals surface area contributed by atoms with Crippen LogP contribution < -0.4 is 0 Å². The van der Waals surface area contributed by atoms with Gasteiger partial charge in [0.1, 0.15) is 6.10 Å². The number of ether oxygens (including phenoxy) is 2. The zero-order chi connectivity index (χ0) is 14.2. The third-order valence-corrected chi connectivity index (χ3v) is 2.43. The Kier molecular flexibility index (Phi) is 7.98. The van der Waals surface area contributed by atoms with Gasteiger partial charge in [0.05, 0.1) is 39.6 Å². The Morgan fingerprint density at radius 2 is 1.39 bits per heavy atom. The predicted octanol–water partition coefficient (Wildman–Crippen LogP) is 0.417. The molecule has 0 bridgehead atoms. The first-order valence-electron chi connectivity index (χ1n) is 6.28. The smallest absolute Gasteiger partial charge is 0.100 e. The van der Waals surface area contributed by atoms with Crippen molar-refractivity contribution in [3.63, 3.8) is 0 Å². The van der Waals surface area contributed by atoms with Gasteiger partial charge in [0.25, 0.3) is 0 Å². The molecule has 5 heteroatoms. The van der Waals surface area contributed by atoms with Gasteiger partial charge in [-0.2, -0.15) is 0 Å².